The molecular formula is C9H10OS. The first-order valence-corrected chi connectivity index (χ1v) is 3.84. The van der Waals surface area contributed by atoms with Crippen LogP contribution in [0.1, 0.15) is 5.56 Å². The molecule has 0 N–H and O–H groups in total. The minimum absolute atomic E-state index is 0.635. The zero-order valence-corrected chi connectivity index (χ0v) is 7.23. The second-order valence-corrected chi connectivity index (χ2v) is 2.69. The third kappa shape index (κ3) is 2.68. The van der Waals surface area contributed by atoms with E-state index >= 15 is 0 Å². The monoisotopic (exact) mass is 167 g/mol. The summed E-state index contributed by atoms with van der Waals surface area (Å²) in [6, 6.07) is 10.0. The Kier molecular flexibility index (Phi) is 3.05. The van der Waals surface area contributed by atoms with Crippen LogP contribution in [-0.2, 0) is 11.2 Å². The zero-order valence-electron chi connectivity index (χ0n) is 6.41. The van der Waals surface area contributed by atoms with Crippen LogP contribution >= 0.6 is 12.2 Å². The van der Waals surface area contributed by atoms with Crippen LogP contribution in [0, 0.1) is 0 Å². The van der Waals surface area contributed by atoms with Crippen molar-refractivity contribution in [3.8, 4) is 0 Å². The van der Waals surface area contributed by atoms with E-state index in [-0.39, 0.29) is 0 Å². The summed E-state index contributed by atoms with van der Waals surface area (Å²) in [7, 11) is 1.60. The molecule has 1 nitrogen and oxygen atoms in total. The summed E-state index contributed by atoms with van der Waals surface area (Å²) in [5, 5.41) is 0.635. The summed E-state index contributed by atoms with van der Waals surface area (Å²) in [6.45, 7) is 0. The summed E-state index contributed by atoms with van der Waals surface area (Å²) in [4.78, 5) is 0. The van der Waals surface area contributed by atoms with E-state index in [1.807, 2.05) is 30.3 Å². The van der Waals surface area contributed by atoms with Gasteiger partial charge in [-0.1, -0.05) is 30.3 Å². The molecule has 1 aromatic carbocycles. The lowest BCUT2D eigenvalue weighted by molar-refractivity contribution is 0.406. The molecule has 0 aliphatic heterocycles. The van der Waals surface area contributed by atoms with Gasteiger partial charge in [-0.05, 0) is 17.8 Å². The largest absolute Gasteiger partial charge is 0.490 e. The van der Waals surface area contributed by atoms with Crippen molar-refractivity contribution in [1.82, 2.24) is 0 Å². The molecule has 0 aromatic heterocycles. The SMILES string of the molecule is COC(=S)[13CH2]c1ccccc1. The molecule has 0 saturated carbocycles. The van der Waals surface area contributed by atoms with Crippen molar-refractivity contribution in [2.24, 2.45) is 0 Å². The van der Waals surface area contributed by atoms with Gasteiger partial charge >= 0.3 is 0 Å². The highest BCUT2D eigenvalue weighted by Crippen LogP contribution is 2.00. The van der Waals surface area contributed by atoms with Gasteiger partial charge < -0.3 is 4.74 Å². The fraction of sp³-hybridized carbons (Fsp3) is 0.222. The van der Waals surface area contributed by atoms with E-state index in [1.165, 1.54) is 5.56 Å². The maximum atomic E-state index is 4.92. The molecule has 0 atom stereocenters. The van der Waals surface area contributed by atoms with Crippen LogP contribution in [0.5, 0.6) is 0 Å². The molecule has 0 saturated heterocycles. The molecule has 0 aliphatic carbocycles. The lowest BCUT2D eigenvalue weighted by Gasteiger charge is -2.00. The van der Waals surface area contributed by atoms with E-state index in [2.05, 4.69) is 0 Å². The molecule has 0 heterocycles. The van der Waals surface area contributed by atoms with Gasteiger partial charge in [-0.25, -0.2) is 0 Å². The number of methoxy groups -OCH3 is 1. The number of thiocarbonyl (C=S) groups is 1. The molecule has 11 heavy (non-hydrogen) atoms. The number of ether oxygens (including phenoxy) is 1. The second kappa shape index (κ2) is 4.09. The molecule has 1 aromatic rings. The Bertz CT molecular complexity index is 231. The van der Waals surface area contributed by atoms with E-state index in [9.17, 15) is 0 Å². The molecule has 1 rings (SSSR count). The Morgan fingerprint density at radius 1 is 1.36 bits per heavy atom. The first-order chi connectivity index (χ1) is 5.33. The maximum absolute atomic E-state index is 4.92. The fourth-order valence-corrected chi connectivity index (χ4v) is 1.00. The van der Waals surface area contributed by atoms with Crippen LogP contribution in [-0.4, -0.2) is 12.2 Å². The average molecular weight is 167 g/mol. The van der Waals surface area contributed by atoms with Crippen molar-refractivity contribution < 1.29 is 4.74 Å². The molecule has 2 heteroatoms. The van der Waals surface area contributed by atoms with Crippen molar-refractivity contribution in [3.63, 3.8) is 0 Å². The molecular weight excluding hydrogens is 157 g/mol. The van der Waals surface area contributed by atoms with E-state index < -0.39 is 0 Å². The van der Waals surface area contributed by atoms with Crippen LogP contribution in [0.3, 0.4) is 0 Å². The zero-order chi connectivity index (χ0) is 8.10. The van der Waals surface area contributed by atoms with Gasteiger partial charge in [-0.3, -0.25) is 0 Å². The third-order valence-corrected chi connectivity index (χ3v) is 1.73. The summed E-state index contributed by atoms with van der Waals surface area (Å²) in [6.07, 6.45) is 0.729. The van der Waals surface area contributed by atoms with Gasteiger partial charge in [-0.15, -0.1) is 0 Å². The average Bonchev–Trinajstić information content (AvgIpc) is 2.06. The third-order valence-electron chi connectivity index (χ3n) is 1.42. The first-order valence-electron chi connectivity index (χ1n) is 3.43. The number of hydrogen-bond donors (Lipinski definition) is 0. The van der Waals surface area contributed by atoms with Crippen LogP contribution in [0.4, 0.5) is 0 Å². The molecule has 58 valence electrons. The molecule has 0 unspecified atom stereocenters. The van der Waals surface area contributed by atoms with Gasteiger partial charge in [0.25, 0.3) is 0 Å². The lowest BCUT2D eigenvalue weighted by atomic mass is 10.3. The normalized spacial score (nSPS) is 9.18. The van der Waals surface area contributed by atoms with Crippen molar-refractivity contribution in [2.75, 3.05) is 7.11 Å². The number of rotatable bonds is 2. The molecule has 0 spiro atoms. The van der Waals surface area contributed by atoms with Gasteiger partial charge in [-0.2, -0.15) is 0 Å². The minimum atomic E-state index is 0.635. The summed E-state index contributed by atoms with van der Waals surface area (Å²) in [5.74, 6) is 0. The Morgan fingerprint density at radius 2 is 2.00 bits per heavy atom. The molecule has 0 amide bonds. The highest BCUT2D eigenvalue weighted by atomic mass is 32.1. The van der Waals surface area contributed by atoms with Crippen molar-refractivity contribution in [3.05, 3.63) is 35.9 Å². The lowest BCUT2D eigenvalue weighted by Crippen LogP contribution is -2.00. The van der Waals surface area contributed by atoms with Crippen LogP contribution < -0.4 is 0 Å². The molecule has 0 fully saturated rings. The number of benzene rings is 1. The van der Waals surface area contributed by atoms with Gasteiger partial charge in [0.05, 0.1) is 7.11 Å². The highest BCUT2D eigenvalue weighted by molar-refractivity contribution is 7.80. The van der Waals surface area contributed by atoms with E-state index in [0.717, 1.165) is 6.42 Å². The Morgan fingerprint density at radius 3 is 2.55 bits per heavy atom. The van der Waals surface area contributed by atoms with Crippen molar-refractivity contribution in [1.29, 1.82) is 0 Å². The Hall–Kier alpha value is -0.890. The predicted molar refractivity (Wildman–Crippen MR) is 49.8 cm³/mol. The number of hydrogen-bond acceptors (Lipinski definition) is 2. The fourth-order valence-electron chi connectivity index (χ4n) is 0.835. The van der Waals surface area contributed by atoms with Crippen molar-refractivity contribution >= 4 is 17.3 Å². The summed E-state index contributed by atoms with van der Waals surface area (Å²) >= 11 is 4.92. The van der Waals surface area contributed by atoms with E-state index in [0.29, 0.717) is 5.05 Å². The summed E-state index contributed by atoms with van der Waals surface area (Å²) < 4.78 is 4.89. The topological polar surface area (TPSA) is 9.23 Å². The molecule has 0 aliphatic rings. The Labute approximate surface area is 72.0 Å². The van der Waals surface area contributed by atoms with Gasteiger partial charge in [0, 0.05) is 6.42 Å². The van der Waals surface area contributed by atoms with Crippen molar-refractivity contribution in [2.45, 2.75) is 6.42 Å². The highest BCUT2D eigenvalue weighted by Gasteiger charge is 1.95. The molecule has 0 radical (unpaired) electrons. The minimum Gasteiger partial charge on any atom is -0.490 e. The summed E-state index contributed by atoms with van der Waals surface area (Å²) in [5.41, 5.74) is 1.19. The quantitative estimate of drug-likeness (QED) is 0.493. The van der Waals surface area contributed by atoms with Crippen LogP contribution in [0.25, 0.3) is 0 Å². The first kappa shape index (κ1) is 8.21. The second-order valence-electron chi connectivity index (χ2n) is 2.24. The Balaban J connectivity index is 2.58. The van der Waals surface area contributed by atoms with Crippen LogP contribution in [0.15, 0.2) is 30.3 Å². The maximum Gasteiger partial charge on any atom is 0.163 e. The molecule has 0 bridgehead atoms. The van der Waals surface area contributed by atoms with E-state index in [1.54, 1.807) is 7.11 Å². The standard InChI is InChI=1S/C9H10OS/c1-10-9(11)7-8-5-3-2-4-6-8/h2-6H,7H2,1H3/i7+1. The van der Waals surface area contributed by atoms with Gasteiger partial charge in [0.1, 0.15) is 0 Å². The smallest absolute Gasteiger partial charge is 0.163 e. The van der Waals surface area contributed by atoms with Gasteiger partial charge in [0.2, 0.25) is 0 Å². The van der Waals surface area contributed by atoms with E-state index in [4.69, 9.17) is 17.0 Å². The van der Waals surface area contributed by atoms with Crippen LogP contribution in [0.2, 0.25) is 0 Å². The van der Waals surface area contributed by atoms with Gasteiger partial charge in [0.15, 0.2) is 5.05 Å². The predicted octanol–water partition coefficient (Wildman–Crippen LogP) is 2.20.